The van der Waals surface area contributed by atoms with Gasteiger partial charge < -0.3 is 13.6 Å². The molecule has 0 atom stereocenters. The lowest BCUT2D eigenvalue weighted by Crippen LogP contribution is -2.13. The van der Waals surface area contributed by atoms with Crippen molar-refractivity contribution < 1.29 is 9.05 Å². The first kappa shape index (κ1) is 16.7. The van der Waals surface area contributed by atoms with E-state index in [0.717, 1.165) is 22.5 Å². The molecule has 0 aliphatic heterocycles. The minimum atomic E-state index is -1.33. The first-order valence-corrected chi connectivity index (χ1v) is 9.72. The Kier molecular flexibility index (Phi) is 4.64. The van der Waals surface area contributed by atoms with Gasteiger partial charge in [0.15, 0.2) is 0 Å². The van der Waals surface area contributed by atoms with E-state index < -0.39 is 8.38 Å². The maximum Gasteiger partial charge on any atom is 0.328 e. The van der Waals surface area contributed by atoms with Crippen LogP contribution in [0.4, 0.5) is 0 Å². The third kappa shape index (κ3) is 3.18. The van der Waals surface area contributed by atoms with Crippen LogP contribution in [0.2, 0.25) is 0 Å². The van der Waals surface area contributed by atoms with Gasteiger partial charge in [0, 0.05) is 23.6 Å². The summed E-state index contributed by atoms with van der Waals surface area (Å²) in [5.41, 5.74) is 2.34. The Bertz CT molecular complexity index is 971. The second kappa shape index (κ2) is 7.23. The first-order valence-electron chi connectivity index (χ1n) is 8.54. The minimum Gasteiger partial charge on any atom is -0.435 e. The molecular formula is C22H20NO2P. The molecular weight excluding hydrogens is 341 g/mol. The van der Waals surface area contributed by atoms with Gasteiger partial charge in [-0.25, -0.2) is 0 Å². The molecule has 3 aromatic carbocycles. The number of hydrogen-bond donors (Lipinski definition) is 0. The highest BCUT2D eigenvalue weighted by atomic mass is 31.2. The predicted molar refractivity (Wildman–Crippen MR) is 108 cm³/mol. The number of aromatic nitrogens is 1. The van der Waals surface area contributed by atoms with Crippen LogP contribution in [0.15, 0.2) is 84.9 Å². The number of rotatable bonds is 5. The number of para-hydroxylation sites is 3. The number of nitrogens with zero attached hydrogens (tertiary/aromatic N) is 1. The zero-order valence-corrected chi connectivity index (χ0v) is 15.7. The van der Waals surface area contributed by atoms with E-state index in [1.807, 2.05) is 60.7 Å². The molecule has 130 valence electrons. The Hall–Kier alpha value is -2.77. The van der Waals surface area contributed by atoms with Crippen LogP contribution >= 0.6 is 8.38 Å². The molecule has 1 aromatic heterocycles. The Morgan fingerprint density at radius 1 is 0.692 bits per heavy atom. The van der Waals surface area contributed by atoms with Crippen molar-refractivity contribution in [2.75, 3.05) is 0 Å². The van der Waals surface area contributed by atoms with Gasteiger partial charge in [-0.1, -0.05) is 54.6 Å². The van der Waals surface area contributed by atoms with Gasteiger partial charge in [-0.3, -0.25) is 0 Å². The quantitative estimate of drug-likeness (QED) is 0.433. The summed E-state index contributed by atoms with van der Waals surface area (Å²) in [6, 6.07) is 28.1. The Morgan fingerprint density at radius 3 is 1.77 bits per heavy atom. The SMILES string of the molecule is Cc1c(P(Oc2ccccc2)Oc2ccccc2)c2ccccc2n1C. The molecule has 0 unspecified atom stereocenters. The summed E-state index contributed by atoms with van der Waals surface area (Å²) in [7, 11) is 0.754. The third-order valence-corrected chi connectivity index (χ3v) is 6.09. The lowest BCUT2D eigenvalue weighted by molar-refractivity contribution is 0.502. The van der Waals surface area contributed by atoms with Crippen LogP contribution in [0.25, 0.3) is 10.9 Å². The molecule has 26 heavy (non-hydrogen) atoms. The summed E-state index contributed by atoms with van der Waals surface area (Å²) < 4.78 is 14.9. The van der Waals surface area contributed by atoms with Gasteiger partial charge in [0.05, 0.1) is 5.30 Å². The highest BCUT2D eigenvalue weighted by Crippen LogP contribution is 2.43. The van der Waals surface area contributed by atoms with Crippen LogP contribution in [-0.4, -0.2) is 4.57 Å². The average Bonchev–Trinajstić information content (AvgIpc) is 2.94. The highest BCUT2D eigenvalue weighted by Gasteiger charge is 2.26. The van der Waals surface area contributed by atoms with Crippen LogP contribution in [0.3, 0.4) is 0 Å². The lowest BCUT2D eigenvalue weighted by Gasteiger charge is -2.19. The average molecular weight is 361 g/mol. The largest absolute Gasteiger partial charge is 0.435 e. The molecule has 0 amide bonds. The number of fused-ring (bicyclic) bond motifs is 1. The molecule has 4 heteroatoms. The standard InChI is InChI=1S/C22H20NO2P/c1-17-22(20-15-9-10-16-21(20)23(17)2)26(24-18-11-5-3-6-12-18)25-19-13-7-4-8-14-19/h3-16H,1-2H3. The molecule has 0 radical (unpaired) electrons. The molecule has 0 aliphatic carbocycles. The normalized spacial score (nSPS) is 11.0. The van der Waals surface area contributed by atoms with Crippen LogP contribution in [0, 0.1) is 6.92 Å². The maximum absolute atomic E-state index is 6.34. The van der Waals surface area contributed by atoms with Gasteiger partial charge in [0.1, 0.15) is 11.5 Å². The summed E-state index contributed by atoms with van der Waals surface area (Å²) in [5, 5.41) is 2.29. The van der Waals surface area contributed by atoms with E-state index >= 15 is 0 Å². The van der Waals surface area contributed by atoms with Gasteiger partial charge in [-0.15, -0.1) is 0 Å². The monoisotopic (exact) mass is 361 g/mol. The summed E-state index contributed by atoms with van der Waals surface area (Å²) in [6.45, 7) is 2.12. The molecule has 0 N–H and O–H groups in total. The molecule has 4 rings (SSSR count). The van der Waals surface area contributed by atoms with E-state index in [1.165, 1.54) is 10.9 Å². The summed E-state index contributed by atoms with van der Waals surface area (Å²) in [4.78, 5) is 0. The van der Waals surface area contributed by atoms with E-state index in [2.05, 4.69) is 42.8 Å². The predicted octanol–water partition coefficient (Wildman–Crippen LogP) is 5.58. The van der Waals surface area contributed by atoms with E-state index in [4.69, 9.17) is 9.05 Å². The zero-order chi connectivity index (χ0) is 17.9. The molecule has 4 aromatic rings. The van der Waals surface area contributed by atoms with Crippen LogP contribution in [0.1, 0.15) is 5.69 Å². The second-order valence-electron chi connectivity index (χ2n) is 6.08. The molecule has 0 aliphatic rings. The Morgan fingerprint density at radius 2 is 1.19 bits per heavy atom. The van der Waals surface area contributed by atoms with Gasteiger partial charge in [0.2, 0.25) is 0 Å². The van der Waals surface area contributed by atoms with Crippen molar-refractivity contribution in [3.8, 4) is 11.5 Å². The van der Waals surface area contributed by atoms with E-state index in [1.54, 1.807) is 0 Å². The third-order valence-electron chi connectivity index (χ3n) is 4.41. The molecule has 0 saturated carbocycles. The van der Waals surface area contributed by atoms with Crippen molar-refractivity contribution in [2.24, 2.45) is 7.05 Å². The fourth-order valence-corrected chi connectivity index (χ4v) is 4.64. The van der Waals surface area contributed by atoms with Crippen molar-refractivity contribution in [3.05, 3.63) is 90.6 Å². The maximum atomic E-state index is 6.34. The van der Waals surface area contributed by atoms with Gasteiger partial charge in [-0.05, 0) is 37.3 Å². The van der Waals surface area contributed by atoms with Crippen molar-refractivity contribution in [3.63, 3.8) is 0 Å². The number of hydrogen-bond acceptors (Lipinski definition) is 2. The Labute approximate surface area is 154 Å². The fourth-order valence-electron chi connectivity index (χ4n) is 3.00. The van der Waals surface area contributed by atoms with Crippen molar-refractivity contribution >= 4 is 24.6 Å². The van der Waals surface area contributed by atoms with Crippen LogP contribution in [-0.2, 0) is 7.05 Å². The molecule has 0 fully saturated rings. The molecule has 0 bridgehead atoms. The fraction of sp³-hybridized carbons (Fsp3) is 0.0909. The summed E-state index contributed by atoms with van der Waals surface area (Å²) in [5.74, 6) is 1.61. The van der Waals surface area contributed by atoms with Crippen molar-refractivity contribution in [2.45, 2.75) is 6.92 Å². The Balaban J connectivity index is 1.81. The van der Waals surface area contributed by atoms with Gasteiger partial charge in [-0.2, -0.15) is 0 Å². The minimum absolute atomic E-state index is 0.807. The van der Waals surface area contributed by atoms with Crippen LogP contribution < -0.4 is 14.4 Å². The second-order valence-corrected chi connectivity index (χ2v) is 7.40. The molecule has 1 heterocycles. The number of benzene rings is 3. The van der Waals surface area contributed by atoms with Crippen LogP contribution in [0.5, 0.6) is 11.5 Å². The summed E-state index contributed by atoms with van der Waals surface area (Å²) >= 11 is 0. The molecule has 3 nitrogen and oxygen atoms in total. The topological polar surface area (TPSA) is 23.4 Å². The van der Waals surface area contributed by atoms with E-state index in [0.29, 0.717) is 0 Å². The number of aryl methyl sites for hydroxylation is 1. The zero-order valence-electron chi connectivity index (χ0n) is 14.8. The van der Waals surface area contributed by atoms with Crippen molar-refractivity contribution in [1.29, 1.82) is 0 Å². The van der Waals surface area contributed by atoms with E-state index in [-0.39, 0.29) is 0 Å². The first-order chi connectivity index (χ1) is 12.7. The highest BCUT2D eigenvalue weighted by molar-refractivity contribution is 7.57. The van der Waals surface area contributed by atoms with Gasteiger partial charge in [0.25, 0.3) is 0 Å². The lowest BCUT2D eigenvalue weighted by atomic mass is 10.2. The molecule has 0 saturated heterocycles. The van der Waals surface area contributed by atoms with E-state index in [9.17, 15) is 0 Å². The van der Waals surface area contributed by atoms with Gasteiger partial charge >= 0.3 is 8.38 Å². The summed E-state index contributed by atoms with van der Waals surface area (Å²) in [6.07, 6.45) is 0. The smallest absolute Gasteiger partial charge is 0.328 e. The van der Waals surface area contributed by atoms with Crippen molar-refractivity contribution in [1.82, 2.24) is 4.57 Å². The molecule has 0 spiro atoms.